The first-order valence-corrected chi connectivity index (χ1v) is 17.0. The van der Waals surface area contributed by atoms with Crippen LogP contribution >= 0.6 is 12.1 Å². The number of anilines is 2. The van der Waals surface area contributed by atoms with Gasteiger partial charge in [-0.1, -0.05) is 139 Å². The third kappa shape index (κ3) is 5.96. The summed E-state index contributed by atoms with van der Waals surface area (Å²) in [5.41, 5.74) is 14.1. The fourth-order valence-electron chi connectivity index (χ4n) is 7.17. The normalized spacial score (nSPS) is 14.4. The van der Waals surface area contributed by atoms with E-state index in [0.29, 0.717) is 0 Å². The quantitative estimate of drug-likeness (QED) is 0.144. The minimum Gasteiger partial charge on any atom is -0.310 e. The molecule has 0 saturated carbocycles. The van der Waals surface area contributed by atoms with Crippen molar-refractivity contribution in [1.29, 1.82) is 0 Å². The number of benzene rings is 3. The molecule has 0 spiro atoms. The fourth-order valence-corrected chi connectivity index (χ4v) is 7.90. The predicted molar refractivity (Wildman–Crippen MR) is 178 cm³/mol. The third-order valence-corrected chi connectivity index (χ3v) is 10.1. The van der Waals surface area contributed by atoms with Crippen LogP contribution in [-0.4, -0.2) is 0 Å². The monoisotopic (exact) mass is 554 g/mol. The van der Waals surface area contributed by atoms with E-state index in [0.717, 1.165) is 0 Å². The van der Waals surface area contributed by atoms with Crippen molar-refractivity contribution in [1.82, 2.24) is 0 Å². The molecule has 0 amide bonds. The summed E-state index contributed by atoms with van der Waals surface area (Å²) in [6.45, 7) is 9.10. The van der Waals surface area contributed by atoms with Crippen LogP contribution in [0.3, 0.4) is 0 Å². The Labute approximate surface area is 248 Å². The van der Waals surface area contributed by atoms with Crippen LogP contribution in [0.25, 0.3) is 22.3 Å². The van der Waals surface area contributed by atoms with Gasteiger partial charge in [-0.05, 0) is 66.1 Å². The van der Waals surface area contributed by atoms with Gasteiger partial charge in [0.25, 0.3) is 0 Å². The first-order chi connectivity index (χ1) is 19.6. The highest BCUT2D eigenvalue weighted by molar-refractivity contribution is 8.02. The molecule has 0 atom stereocenters. The lowest BCUT2D eigenvalue weighted by atomic mass is 9.70. The van der Waals surface area contributed by atoms with Crippen LogP contribution in [0.4, 0.5) is 11.4 Å². The van der Waals surface area contributed by atoms with Gasteiger partial charge in [-0.25, -0.2) is 0 Å². The van der Waals surface area contributed by atoms with Gasteiger partial charge in [0, 0.05) is 11.0 Å². The average Bonchev–Trinajstić information content (AvgIpc) is 3.55. The van der Waals surface area contributed by atoms with Gasteiger partial charge in [-0.15, -0.1) is 0 Å². The molecular weight excluding hydrogens is 504 g/mol. The van der Waals surface area contributed by atoms with E-state index in [2.05, 4.69) is 85.7 Å². The minimum atomic E-state index is 0.122. The van der Waals surface area contributed by atoms with Crippen molar-refractivity contribution >= 4 is 23.5 Å². The molecule has 5 rings (SSSR count). The van der Waals surface area contributed by atoms with E-state index in [1.807, 2.05) is 0 Å². The van der Waals surface area contributed by atoms with E-state index < -0.39 is 0 Å². The highest BCUT2D eigenvalue weighted by Gasteiger charge is 2.42. The van der Waals surface area contributed by atoms with Crippen molar-refractivity contribution in [3.8, 4) is 22.3 Å². The molecule has 3 aromatic rings. The van der Waals surface area contributed by atoms with Gasteiger partial charge >= 0.3 is 0 Å². The van der Waals surface area contributed by atoms with Gasteiger partial charge in [0.2, 0.25) is 0 Å². The zero-order valence-corrected chi connectivity index (χ0v) is 26.2. The summed E-state index contributed by atoms with van der Waals surface area (Å²) in [5.74, 6) is 0. The summed E-state index contributed by atoms with van der Waals surface area (Å²) in [6.07, 6.45) is 18.8. The Hall–Kier alpha value is -2.39. The van der Waals surface area contributed by atoms with E-state index in [1.165, 1.54) is 135 Å². The summed E-state index contributed by atoms with van der Waals surface area (Å²) in [6, 6.07) is 19.2. The SMILES string of the molecule is CCCCCCCCC1(CCCCCCCC)c2cc(C)ccc2-c2ccc(-c3ccc(C)c4c3NSN4)cc21. The van der Waals surface area contributed by atoms with Crippen LogP contribution in [0.15, 0.2) is 48.5 Å². The molecule has 40 heavy (non-hydrogen) atoms. The number of aryl methyl sites for hydroxylation is 2. The zero-order valence-electron chi connectivity index (χ0n) is 25.4. The maximum atomic E-state index is 3.54. The summed E-state index contributed by atoms with van der Waals surface area (Å²) < 4.78 is 7.01. The Morgan fingerprint density at radius 2 is 1.12 bits per heavy atom. The van der Waals surface area contributed by atoms with E-state index >= 15 is 0 Å². The van der Waals surface area contributed by atoms with E-state index in [1.54, 1.807) is 23.3 Å². The van der Waals surface area contributed by atoms with Crippen molar-refractivity contribution in [3.63, 3.8) is 0 Å². The van der Waals surface area contributed by atoms with Crippen LogP contribution in [0.2, 0.25) is 0 Å². The maximum absolute atomic E-state index is 3.54. The maximum Gasteiger partial charge on any atom is 0.0779 e. The molecule has 3 heteroatoms. The van der Waals surface area contributed by atoms with Crippen LogP contribution < -0.4 is 9.44 Å². The van der Waals surface area contributed by atoms with Gasteiger partial charge in [0.15, 0.2) is 0 Å². The van der Waals surface area contributed by atoms with Crippen LogP contribution in [0, 0.1) is 13.8 Å². The molecule has 1 heterocycles. The Kier molecular flexibility index (Phi) is 9.84. The molecule has 1 aliphatic heterocycles. The molecular formula is C37H50N2S. The molecule has 1 aliphatic carbocycles. The molecule has 0 radical (unpaired) electrons. The molecule has 2 nitrogen and oxygen atoms in total. The second kappa shape index (κ2) is 13.5. The largest absolute Gasteiger partial charge is 0.310 e. The summed E-state index contributed by atoms with van der Waals surface area (Å²) in [5, 5.41) is 0. The van der Waals surface area contributed by atoms with Crippen LogP contribution in [0.1, 0.15) is 126 Å². The van der Waals surface area contributed by atoms with Gasteiger partial charge in [-0.2, -0.15) is 0 Å². The van der Waals surface area contributed by atoms with Crippen molar-refractivity contribution in [2.45, 2.75) is 123 Å². The number of hydrogen-bond acceptors (Lipinski definition) is 3. The number of fused-ring (bicyclic) bond motifs is 4. The second-order valence-electron chi connectivity index (χ2n) is 12.4. The molecule has 3 aromatic carbocycles. The average molecular weight is 555 g/mol. The smallest absolute Gasteiger partial charge is 0.0779 e. The Balaban J connectivity index is 1.53. The van der Waals surface area contributed by atoms with Crippen LogP contribution in [-0.2, 0) is 5.41 Å². The lowest BCUT2D eigenvalue weighted by Crippen LogP contribution is -2.25. The highest BCUT2D eigenvalue weighted by atomic mass is 32.2. The molecule has 0 saturated heterocycles. The lowest BCUT2D eigenvalue weighted by Gasteiger charge is -2.33. The molecule has 0 fully saturated rings. The zero-order chi connectivity index (χ0) is 28.0. The summed E-state index contributed by atoms with van der Waals surface area (Å²) >= 11 is 1.58. The molecule has 0 bridgehead atoms. The summed E-state index contributed by atoms with van der Waals surface area (Å²) in [7, 11) is 0. The second-order valence-corrected chi connectivity index (χ2v) is 13.0. The van der Waals surface area contributed by atoms with Gasteiger partial charge in [0.1, 0.15) is 0 Å². The molecule has 2 N–H and O–H groups in total. The van der Waals surface area contributed by atoms with E-state index in [9.17, 15) is 0 Å². The first kappa shape index (κ1) is 29.1. The third-order valence-electron chi connectivity index (χ3n) is 9.46. The Morgan fingerprint density at radius 3 is 1.80 bits per heavy atom. The van der Waals surface area contributed by atoms with Gasteiger partial charge in [0.05, 0.1) is 23.5 Å². The number of rotatable bonds is 15. The Morgan fingerprint density at radius 1 is 0.575 bits per heavy atom. The standard InChI is InChI=1S/C37H50N2S/c1-5-7-9-11-13-15-23-37(24-16-14-12-10-8-6-2)33-25-27(3)17-20-31(33)32-22-19-29(26-34(32)37)30-21-18-28(4)35-36(30)39-40-38-35/h17-22,25-26,38-39H,5-16,23-24H2,1-4H3. The van der Waals surface area contributed by atoms with Crippen LogP contribution in [0.5, 0.6) is 0 Å². The lowest BCUT2D eigenvalue weighted by molar-refractivity contribution is 0.398. The molecule has 0 aromatic heterocycles. The minimum absolute atomic E-state index is 0.122. The van der Waals surface area contributed by atoms with E-state index in [4.69, 9.17) is 0 Å². The van der Waals surface area contributed by atoms with E-state index in [-0.39, 0.29) is 5.41 Å². The van der Waals surface area contributed by atoms with Crippen molar-refractivity contribution in [3.05, 3.63) is 70.8 Å². The molecule has 2 aliphatic rings. The first-order valence-electron chi connectivity index (χ1n) is 16.2. The Bertz CT molecular complexity index is 1280. The van der Waals surface area contributed by atoms with Crippen molar-refractivity contribution in [2.75, 3.05) is 9.44 Å². The van der Waals surface area contributed by atoms with Gasteiger partial charge < -0.3 is 9.44 Å². The number of unbranched alkanes of at least 4 members (excludes halogenated alkanes) is 10. The topological polar surface area (TPSA) is 24.1 Å². The molecule has 214 valence electrons. The van der Waals surface area contributed by atoms with Crippen molar-refractivity contribution < 1.29 is 0 Å². The molecule has 0 unspecified atom stereocenters. The van der Waals surface area contributed by atoms with Crippen molar-refractivity contribution in [2.24, 2.45) is 0 Å². The summed E-state index contributed by atoms with van der Waals surface area (Å²) in [4.78, 5) is 0. The predicted octanol–water partition coefficient (Wildman–Crippen LogP) is 12.1. The fraction of sp³-hybridized carbons (Fsp3) is 0.514. The number of nitrogens with one attached hydrogen (secondary N) is 2. The highest BCUT2D eigenvalue weighted by Crippen LogP contribution is 2.56. The van der Waals surface area contributed by atoms with Gasteiger partial charge in [-0.3, -0.25) is 0 Å². The number of hydrogen-bond donors (Lipinski definition) is 2.